The quantitative estimate of drug-likeness (QED) is 0.210. The molecule has 1 saturated heterocycles. The summed E-state index contributed by atoms with van der Waals surface area (Å²) >= 11 is 0. The number of hydrogen-bond donors (Lipinski definition) is 3. The number of carbonyl (C=O) groups is 2. The van der Waals surface area contributed by atoms with E-state index in [-0.39, 0.29) is 40.7 Å². The predicted octanol–water partition coefficient (Wildman–Crippen LogP) is 5.88. The van der Waals surface area contributed by atoms with Gasteiger partial charge >= 0.3 is 0 Å². The zero-order valence-electron chi connectivity index (χ0n) is 27.3. The minimum Gasteiger partial charge on any atom is -0.508 e. The lowest BCUT2D eigenvalue weighted by molar-refractivity contribution is 0.0628. The first-order valence-electron chi connectivity index (χ1n) is 15.6. The van der Waals surface area contributed by atoms with Crippen LogP contribution in [0.1, 0.15) is 69.8 Å². The van der Waals surface area contributed by atoms with Crippen molar-refractivity contribution in [2.75, 3.05) is 39.8 Å². The van der Waals surface area contributed by atoms with Crippen LogP contribution in [0.2, 0.25) is 0 Å². The van der Waals surface area contributed by atoms with Gasteiger partial charge in [0, 0.05) is 50.9 Å². The summed E-state index contributed by atoms with van der Waals surface area (Å²) in [6.45, 7) is 13.5. The Labute approximate surface area is 269 Å². The summed E-state index contributed by atoms with van der Waals surface area (Å²) < 4.78 is 11.1. The number of ether oxygens (including phenoxy) is 1. The number of benzene rings is 3. The molecule has 3 aromatic carbocycles. The molecule has 1 aliphatic heterocycles. The summed E-state index contributed by atoms with van der Waals surface area (Å²) in [6, 6.07) is 14.6. The van der Waals surface area contributed by atoms with Gasteiger partial charge < -0.3 is 29.7 Å². The van der Waals surface area contributed by atoms with Crippen molar-refractivity contribution in [1.29, 1.82) is 0 Å². The van der Waals surface area contributed by atoms with Gasteiger partial charge in [0.15, 0.2) is 11.5 Å². The number of hydrogen-bond acceptors (Lipinski definition) is 8. The smallest absolute Gasteiger partial charge is 0.274 e. The van der Waals surface area contributed by atoms with Gasteiger partial charge in [-0.05, 0) is 72.7 Å². The molecular formula is C36H42N4O6. The fourth-order valence-electron chi connectivity index (χ4n) is 6.10. The van der Waals surface area contributed by atoms with Crippen molar-refractivity contribution in [2.45, 2.75) is 47.1 Å². The number of rotatable bonds is 9. The summed E-state index contributed by atoms with van der Waals surface area (Å²) in [7, 11) is 1.64. The lowest BCUT2D eigenvalue weighted by atomic mass is 9.94. The summed E-state index contributed by atoms with van der Waals surface area (Å²) in [5.41, 5.74) is 5.93. The molecule has 1 aliphatic rings. The van der Waals surface area contributed by atoms with Crippen molar-refractivity contribution in [1.82, 2.24) is 20.3 Å². The largest absolute Gasteiger partial charge is 0.508 e. The number of nitrogens with zero attached hydrogens (tertiary/aromatic N) is 3. The van der Waals surface area contributed by atoms with Crippen LogP contribution in [0.5, 0.6) is 17.2 Å². The van der Waals surface area contributed by atoms with E-state index in [0.29, 0.717) is 54.0 Å². The normalized spacial score (nSPS) is 13.7. The molecule has 46 heavy (non-hydrogen) atoms. The molecule has 0 bridgehead atoms. The lowest BCUT2D eigenvalue weighted by Gasteiger charge is -2.35. The van der Waals surface area contributed by atoms with E-state index in [1.165, 1.54) is 6.07 Å². The molecule has 3 N–H and O–H groups in total. The number of aromatic hydroxyl groups is 2. The van der Waals surface area contributed by atoms with Gasteiger partial charge in [0.05, 0.1) is 18.2 Å². The second-order valence-electron chi connectivity index (χ2n) is 12.1. The lowest BCUT2D eigenvalue weighted by Crippen LogP contribution is -2.48. The van der Waals surface area contributed by atoms with Crippen LogP contribution in [0.4, 0.5) is 0 Å². The number of nitrogens with one attached hydrogen (secondary N) is 1. The number of aryl methyl sites for hydroxylation is 2. The second-order valence-corrected chi connectivity index (χ2v) is 12.1. The van der Waals surface area contributed by atoms with Crippen LogP contribution in [0.15, 0.2) is 53.1 Å². The standard InChI is InChI=1S/C36H42N4O6/c1-7-37-35(43)32-31(34(46-38-32)28-18-27(21(2)3)29(41)19-30(28)42)25-10-8-24(9-11-25)20-39-12-14-40(15-13-39)36(44)26-16-22(4)33(45-6)23(5)17-26/h8-11,16-19,21,41-42H,7,12-15,20H2,1-6H3,(H,37,43). The minimum atomic E-state index is -0.383. The number of aromatic nitrogens is 1. The Morgan fingerprint density at radius 1 is 0.978 bits per heavy atom. The van der Waals surface area contributed by atoms with Crippen molar-refractivity contribution < 1.29 is 29.1 Å². The number of phenols is 2. The van der Waals surface area contributed by atoms with Gasteiger partial charge in [-0.25, -0.2) is 0 Å². The van der Waals surface area contributed by atoms with E-state index in [9.17, 15) is 19.8 Å². The Morgan fingerprint density at radius 2 is 1.63 bits per heavy atom. The molecule has 0 radical (unpaired) electrons. The first kappa shape index (κ1) is 32.6. The Kier molecular flexibility index (Phi) is 9.67. The van der Waals surface area contributed by atoms with Gasteiger partial charge in [0.1, 0.15) is 17.2 Å². The third-order valence-corrected chi connectivity index (χ3v) is 8.48. The third kappa shape index (κ3) is 6.57. The molecule has 2 amide bonds. The summed E-state index contributed by atoms with van der Waals surface area (Å²) in [6.07, 6.45) is 0. The van der Waals surface area contributed by atoms with Gasteiger partial charge in [-0.2, -0.15) is 0 Å². The van der Waals surface area contributed by atoms with Crippen LogP contribution in [0.3, 0.4) is 0 Å². The highest BCUT2D eigenvalue weighted by molar-refractivity contribution is 6.02. The minimum absolute atomic E-state index is 0.0105. The van der Waals surface area contributed by atoms with E-state index in [4.69, 9.17) is 9.26 Å². The topological polar surface area (TPSA) is 128 Å². The molecule has 0 aliphatic carbocycles. The number of amides is 2. The van der Waals surface area contributed by atoms with Crippen molar-refractivity contribution in [3.05, 3.63) is 82.0 Å². The van der Waals surface area contributed by atoms with E-state index in [1.807, 2.05) is 75.9 Å². The average molecular weight is 627 g/mol. The molecule has 0 atom stereocenters. The summed E-state index contributed by atoms with van der Waals surface area (Å²) in [5.74, 6) is 0.513. The average Bonchev–Trinajstić information content (AvgIpc) is 3.46. The van der Waals surface area contributed by atoms with Crippen LogP contribution in [-0.4, -0.2) is 76.8 Å². The maximum absolute atomic E-state index is 13.3. The van der Waals surface area contributed by atoms with Gasteiger partial charge in [-0.3, -0.25) is 14.5 Å². The molecule has 10 nitrogen and oxygen atoms in total. The molecule has 2 heterocycles. The molecular weight excluding hydrogens is 584 g/mol. The van der Waals surface area contributed by atoms with Crippen LogP contribution < -0.4 is 10.1 Å². The third-order valence-electron chi connectivity index (χ3n) is 8.48. The predicted molar refractivity (Wildman–Crippen MR) is 176 cm³/mol. The first-order valence-corrected chi connectivity index (χ1v) is 15.6. The maximum Gasteiger partial charge on any atom is 0.274 e. The van der Waals surface area contributed by atoms with Gasteiger partial charge in [0.25, 0.3) is 11.8 Å². The fourth-order valence-corrected chi connectivity index (χ4v) is 6.10. The monoisotopic (exact) mass is 626 g/mol. The highest BCUT2D eigenvalue weighted by atomic mass is 16.5. The number of methoxy groups -OCH3 is 1. The molecule has 1 aromatic heterocycles. The Bertz CT molecular complexity index is 1710. The first-order chi connectivity index (χ1) is 22.0. The molecule has 242 valence electrons. The van der Waals surface area contributed by atoms with E-state index in [0.717, 1.165) is 35.5 Å². The molecule has 0 spiro atoms. The maximum atomic E-state index is 13.3. The van der Waals surface area contributed by atoms with Crippen LogP contribution in [0.25, 0.3) is 22.5 Å². The van der Waals surface area contributed by atoms with Gasteiger partial charge in [-0.15, -0.1) is 0 Å². The zero-order chi connectivity index (χ0) is 33.1. The highest BCUT2D eigenvalue weighted by Crippen LogP contribution is 2.43. The Hall–Kier alpha value is -4.83. The van der Waals surface area contributed by atoms with Gasteiger partial charge in [0.2, 0.25) is 0 Å². The van der Waals surface area contributed by atoms with E-state index in [2.05, 4.69) is 15.4 Å². The Morgan fingerprint density at radius 3 is 2.22 bits per heavy atom. The highest BCUT2D eigenvalue weighted by Gasteiger charge is 2.28. The van der Waals surface area contributed by atoms with Crippen LogP contribution >= 0.6 is 0 Å². The van der Waals surface area contributed by atoms with Gasteiger partial charge in [-0.1, -0.05) is 43.3 Å². The van der Waals surface area contributed by atoms with Crippen molar-refractivity contribution in [2.24, 2.45) is 0 Å². The Balaban J connectivity index is 1.33. The number of piperazine rings is 1. The van der Waals surface area contributed by atoms with Crippen molar-refractivity contribution in [3.8, 4) is 39.7 Å². The summed E-state index contributed by atoms with van der Waals surface area (Å²) in [4.78, 5) is 30.4. The van der Waals surface area contributed by atoms with Crippen LogP contribution in [-0.2, 0) is 6.54 Å². The second kappa shape index (κ2) is 13.7. The zero-order valence-corrected chi connectivity index (χ0v) is 27.3. The van der Waals surface area contributed by atoms with E-state index < -0.39 is 0 Å². The molecule has 5 rings (SSSR count). The molecule has 0 saturated carbocycles. The molecule has 4 aromatic rings. The van der Waals surface area contributed by atoms with E-state index in [1.54, 1.807) is 13.2 Å². The number of phenolic OH excluding ortho intramolecular Hbond substituents is 2. The molecule has 10 heteroatoms. The molecule has 0 unspecified atom stereocenters. The number of carbonyl (C=O) groups excluding carboxylic acids is 2. The van der Waals surface area contributed by atoms with Crippen LogP contribution in [0, 0.1) is 13.8 Å². The van der Waals surface area contributed by atoms with Crippen molar-refractivity contribution >= 4 is 11.8 Å². The fraction of sp³-hybridized carbons (Fsp3) is 0.361. The van der Waals surface area contributed by atoms with E-state index >= 15 is 0 Å². The van der Waals surface area contributed by atoms with Crippen molar-refractivity contribution in [3.63, 3.8) is 0 Å². The summed E-state index contributed by atoms with van der Waals surface area (Å²) in [5, 5.41) is 28.0. The molecule has 1 fully saturated rings. The SMILES string of the molecule is CCNC(=O)c1noc(-c2cc(C(C)C)c(O)cc2O)c1-c1ccc(CN2CCN(C(=O)c3cc(C)c(OC)c(C)c3)CC2)cc1.